The molecule has 0 fully saturated rings. The second-order valence-corrected chi connectivity index (χ2v) is 6.57. The van der Waals surface area contributed by atoms with Crippen LogP contribution in [0.3, 0.4) is 0 Å². The van der Waals surface area contributed by atoms with E-state index in [-0.39, 0.29) is 11.8 Å². The number of rotatable bonds is 4. The highest BCUT2D eigenvalue weighted by molar-refractivity contribution is 7.07. The topological polar surface area (TPSA) is 97.9 Å². The molecule has 1 aromatic carbocycles. The molecule has 0 saturated carbocycles. The average Bonchev–Trinajstić information content (AvgIpc) is 3.39. The molecule has 4 aromatic rings. The van der Waals surface area contributed by atoms with Crippen LogP contribution in [0, 0.1) is 0 Å². The van der Waals surface area contributed by atoms with Crippen molar-refractivity contribution in [2.75, 3.05) is 14.1 Å². The maximum atomic E-state index is 12.0. The molecule has 0 N–H and O–H groups in total. The fourth-order valence-electron chi connectivity index (χ4n) is 2.40. The molecule has 0 unspecified atom stereocenters. The molecule has 0 atom stereocenters. The van der Waals surface area contributed by atoms with Crippen LogP contribution in [0.25, 0.3) is 34.4 Å². The Morgan fingerprint density at radius 2 is 1.70 bits per heavy atom. The Bertz CT molecular complexity index is 1070. The third kappa shape index (κ3) is 3.44. The first-order chi connectivity index (χ1) is 13.1. The van der Waals surface area contributed by atoms with Crippen molar-refractivity contribution < 1.29 is 9.21 Å². The molecular formula is C18H14N6O2S. The van der Waals surface area contributed by atoms with Crippen molar-refractivity contribution in [1.82, 2.24) is 30.0 Å². The smallest absolute Gasteiger partial charge is 0.268 e. The molecular weight excluding hydrogens is 364 g/mol. The van der Waals surface area contributed by atoms with E-state index in [1.54, 1.807) is 44.1 Å². The standard InChI is InChI=1S/C18H14N6O2S/c1-24(2)18(25)12-5-3-11(4-6-12)13-7-19-8-14(21-13)16-22-23-17(26-16)15-9-27-10-20-15/h3-10H,1-2H3. The summed E-state index contributed by atoms with van der Waals surface area (Å²) < 4.78 is 5.65. The molecule has 9 heteroatoms. The third-order valence-electron chi connectivity index (χ3n) is 3.76. The van der Waals surface area contributed by atoms with Crippen LogP contribution in [-0.4, -0.2) is 50.1 Å². The normalized spacial score (nSPS) is 10.7. The lowest BCUT2D eigenvalue weighted by molar-refractivity contribution is 0.0827. The van der Waals surface area contributed by atoms with Crippen molar-refractivity contribution in [1.29, 1.82) is 0 Å². The van der Waals surface area contributed by atoms with Gasteiger partial charge in [-0.2, -0.15) is 0 Å². The van der Waals surface area contributed by atoms with Gasteiger partial charge in [-0.25, -0.2) is 9.97 Å². The highest BCUT2D eigenvalue weighted by Gasteiger charge is 2.14. The summed E-state index contributed by atoms with van der Waals surface area (Å²) in [7, 11) is 3.44. The van der Waals surface area contributed by atoms with Crippen LogP contribution in [0.5, 0.6) is 0 Å². The minimum absolute atomic E-state index is 0.0539. The SMILES string of the molecule is CN(C)C(=O)c1ccc(-c2cncc(-c3nnc(-c4cscn4)o3)n2)cc1. The number of amides is 1. The van der Waals surface area contributed by atoms with E-state index < -0.39 is 0 Å². The molecule has 0 radical (unpaired) electrons. The molecule has 0 saturated heterocycles. The molecule has 4 rings (SSSR count). The summed E-state index contributed by atoms with van der Waals surface area (Å²) in [6.07, 6.45) is 3.20. The summed E-state index contributed by atoms with van der Waals surface area (Å²) in [5, 5.41) is 9.86. The van der Waals surface area contributed by atoms with Gasteiger partial charge in [0.05, 0.1) is 23.6 Å². The Labute approximate surface area is 158 Å². The van der Waals surface area contributed by atoms with Gasteiger partial charge in [0.15, 0.2) is 0 Å². The van der Waals surface area contributed by atoms with E-state index in [1.165, 1.54) is 16.2 Å². The van der Waals surface area contributed by atoms with Crippen molar-refractivity contribution in [2.45, 2.75) is 0 Å². The molecule has 3 aromatic heterocycles. The number of thiazole rings is 1. The van der Waals surface area contributed by atoms with Gasteiger partial charge in [-0.05, 0) is 12.1 Å². The highest BCUT2D eigenvalue weighted by Crippen LogP contribution is 2.24. The Morgan fingerprint density at radius 1 is 1.00 bits per heavy atom. The largest absolute Gasteiger partial charge is 0.413 e. The van der Waals surface area contributed by atoms with Crippen LogP contribution < -0.4 is 0 Å². The number of hydrogen-bond donors (Lipinski definition) is 0. The van der Waals surface area contributed by atoms with Gasteiger partial charge in [0.1, 0.15) is 11.4 Å². The van der Waals surface area contributed by atoms with Crippen LogP contribution in [-0.2, 0) is 0 Å². The first kappa shape index (κ1) is 17.0. The lowest BCUT2D eigenvalue weighted by atomic mass is 10.1. The molecule has 8 nitrogen and oxygen atoms in total. The highest BCUT2D eigenvalue weighted by atomic mass is 32.1. The number of carbonyl (C=O) groups excluding carboxylic acids is 1. The van der Waals surface area contributed by atoms with Gasteiger partial charge in [-0.1, -0.05) is 12.1 Å². The predicted molar refractivity (Wildman–Crippen MR) is 99.9 cm³/mol. The lowest BCUT2D eigenvalue weighted by Gasteiger charge is -2.10. The Kier molecular flexibility index (Phi) is 4.43. The fraction of sp³-hybridized carbons (Fsp3) is 0.111. The van der Waals surface area contributed by atoms with E-state index in [4.69, 9.17) is 4.42 Å². The molecule has 0 spiro atoms. The lowest BCUT2D eigenvalue weighted by Crippen LogP contribution is -2.21. The first-order valence-electron chi connectivity index (χ1n) is 7.98. The summed E-state index contributed by atoms with van der Waals surface area (Å²) >= 11 is 1.45. The van der Waals surface area contributed by atoms with Gasteiger partial charge in [-0.3, -0.25) is 9.78 Å². The van der Waals surface area contributed by atoms with Gasteiger partial charge in [0, 0.05) is 30.6 Å². The number of carbonyl (C=O) groups is 1. The van der Waals surface area contributed by atoms with Crippen molar-refractivity contribution in [3.63, 3.8) is 0 Å². The van der Waals surface area contributed by atoms with Crippen molar-refractivity contribution >= 4 is 17.2 Å². The summed E-state index contributed by atoms with van der Waals surface area (Å²) in [6, 6.07) is 7.19. The number of nitrogens with zero attached hydrogens (tertiary/aromatic N) is 6. The van der Waals surface area contributed by atoms with Crippen LogP contribution in [0.2, 0.25) is 0 Å². The Morgan fingerprint density at radius 3 is 2.37 bits per heavy atom. The van der Waals surface area contributed by atoms with Gasteiger partial charge in [0.25, 0.3) is 17.7 Å². The molecule has 27 heavy (non-hydrogen) atoms. The molecule has 3 heterocycles. The second-order valence-electron chi connectivity index (χ2n) is 5.85. The van der Waals surface area contributed by atoms with Crippen LogP contribution in [0.15, 0.2) is 52.0 Å². The van der Waals surface area contributed by atoms with Crippen LogP contribution in [0.4, 0.5) is 0 Å². The number of benzene rings is 1. The summed E-state index contributed by atoms with van der Waals surface area (Å²) in [4.78, 5) is 26.4. The van der Waals surface area contributed by atoms with Gasteiger partial charge < -0.3 is 9.32 Å². The van der Waals surface area contributed by atoms with E-state index in [0.717, 1.165) is 5.56 Å². The van der Waals surface area contributed by atoms with Crippen LogP contribution >= 0.6 is 11.3 Å². The van der Waals surface area contributed by atoms with E-state index in [9.17, 15) is 4.79 Å². The van der Waals surface area contributed by atoms with Crippen molar-refractivity contribution in [3.8, 4) is 34.4 Å². The quantitative estimate of drug-likeness (QED) is 0.538. The monoisotopic (exact) mass is 378 g/mol. The van der Waals surface area contributed by atoms with Crippen LogP contribution in [0.1, 0.15) is 10.4 Å². The van der Waals surface area contributed by atoms with Gasteiger partial charge in [-0.15, -0.1) is 21.5 Å². The maximum absolute atomic E-state index is 12.0. The molecule has 1 amide bonds. The molecule has 0 bridgehead atoms. The Balaban J connectivity index is 1.62. The maximum Gasteiger partial charge on any atom is 0.268 e. The minimum atomic E-state index is -0.0539. The molecule has 134 valence electrons. The second kappa shape index (κ2) is 7.04. The first-order valence-corrected chi connectivity index (χ1v) is 8.92. The van der Waals surface area contributed by atoms with Gasteiger partial charge >= 0.3 is 0 Å². The van der Waals surface area contributed by atoms with E-state index >= 15 is 0 Å². The van der Waals surface area contributed by atoms with Crippen molar-refractivity contribution in [2.24, 2.45) is 0 Å². The fourth-order valence-corrected chi connectivity index (χ4v) is 2.92. The molecule has 0 aliphatic rings. The number of hydrogen-bond acceptors (Lipinski definition) is 8. The summed E-state index contributed by atoms with van der Waals surface area (Å²) in [6.45, 7) is 0. The summed E-state index contributed by atoms with van der Waals surface area (Å²) in [5.74, 6) is 0.554. The zero-order valence-electron chi connectivity index (χ0n) is 14.5. The van der Waals surface area contributed by atoms with E-state index in [2.05, 4.69) is 25.1 Å². The minimum Gasteiger partial charge on any atom is -0.413 e. The summed E-state index contributed by atoms with van der Waals surface area (Å²) in [5.41, 5.74) is 4.88. The average molecular weight is 378 g/mol. The van der Waals surface area contributed by atoms with Crippen molar-refractivity contribution in [3.05, 3.63) is 53.1 Å². The third-order valence-corrected chi connectivity index (χ3v) is 4.35. The predicted octanol–water partition coefficient (Wildman–Crippen LogP) is 3.02. The molecule has 0 aliphatic carbocycles. The number of aromatic nitrogens is 5. The zero-order valence-corrected chi connectivity index (χ0v) is 15.3. The Hall–Kier alpha value is -3.46. The van der Waals surface area contributed by atoms with Gasteiger partial charge in [0.2, 0.25) is 0 Å². The zero-order chi connectivity index (χ0) is 18.8. The van der Waals surface area contributed by atoms with E-state index in [1.807, 2.05) is 17.5 Å². The van der Waals surface area contributed by atoms with E-state index in [0.29, 0.717) is 28.5 Å². The molecule has 0 aliphatic heterocycles.